The van der Waals surface area contributed by atoms with E-state index >= 15 is 0 Å². The van der Waals surface area contributed by atoms with Gasteiger partial charge in [0, 0.05) is 43.0 Å². The zero-order chi connectivity index (χ0) is 23.3. The summed E-state index contributed by atoms with van der Waals surface area (Å²) in [5.74, 6) is -0.647. The number of Topliss-reactive ketones (excluding diaryl/α,β-unsaturated/α-hetero) is 1. The quantitative estimate of drug-likeness (QED) is 0.442. The molecule has 3 rings (SSSR count). The SMILES string of the molecule is CCCC(=O)N(C)c1ccc(-c2ccc(C(=O)CCc3ccc(C)nc3C)nc2)cc1F. The average molecular weight is 434 g/mol. The third kappa shape index (κ3) is 5.44. The molecule has 0 saturated heterocycles. The third-order valence-corrected chi connectivity index (χ3v) is 5.49. The first-order valence-corrected chi connectivity index (χ1v) is 10.8. The van der Waals surface area contributed by atoms with Gasteiger partial charge in [-0.05, 0) is 62.1 Å². The lowest BCUT2D eigenvalue weighted by Crippen LogP contribution is -2.26. The summed E-state index contributed by atoms with van der Waals surface area (Å²) in [7, 11) is 1.58. The molecule has 0 aliphatic rings. The molecule has 0 bridgehead atoms. The topological polar surface area (TPSA) is 63.2 Å². The standard InChI is InChI=1S/C26H28FN3O2/c1-5-6-26(32)30(4)24-13-10-20(15-22(24)27)21-9-12-23(28-16-21)25(31)14-11-19-8-7-17(2)29-18(19)3/h7-10,12-13,15-16H,5-6,11,14H2,1-4H3. The van der Waals surface area contributed by atoms with Crippen molar-refractivity contribution in [1.29, 1.82) is 0 Å². The first-order chi connectivity index (χ1) is 15.3. The molecule has 0 spiro atoms. The number of carbonyl (C=O) groups is 2. The summed E-state index contributed by atoms with van der Waals surface area (Å²) < 4.78 is 14.6. The van der Waals surface area contributed by atoms with Crippen LogP contribution < -0.4 is 4.90 Å². The molecule has 0 aliphatic heterocycles. The van der Waals surface area contributed by atoms with Gasteiger partial charge in [0.15, 0.2) is 5.78 Å². The van der Waals surface area contributed by atoms with E-state index in [1.165, 1.54) is 11.0 Å². The molecule has 0 N–H and O–H groups in total. The summed E-state index contributed by atoms with van der Waals surface area (Å²) in [5.41, 5.74) is 4.91. The van der Waals surface area contributed by atoms with Gasteiger partial charge in [-0.2, -0.15) is 0 Å². The highest BCUT2D eigenvalue weighted by molar-refractivity contribution is 5.95. The highest BCUT2D eigenvalue weighted by Crippen LogP contribution is 2.26. The van der Waals surface area contributed by atoms with Gasteiger partial charge in [-0.25, -0.2) is 4.39 Å². The van der Waals surface area contributed by atoms with Crippen LogP contribution in [0.2, 0.25) is 0 Å². The molecule has 0 saturated carbocycles. The zero-order valence-corrected chi connectivity index (χ0v) is 19.0. The Hall–Kier alpha value is -3.41. The lowest BCUT2D eigenvalue weighted by atomic mass is 10.0. The lowest BCUT2D eigenvalue weighted by Gasteiger charge is -2.18. The van der Waals surface area contributed by atoms with Gasteiger partial charge in [-0.3, -0.25) is 19.6 Å². The van der Waals surface area contributed by atoms with Crippen LogP contribution in [0, 0.1) is 19.7 Å². The Bertz CT molecular complexity index is 1130. The third-order valence-electron chi connectivity index (χ3n) is 5.49. The molecule has 2 aromatic heterocycles. The Balaban J connectivity index is 1.69. The minimum Gasteiger partial charge on any atom is -0.313 e. The van der Waals surface area contributed by atoms with Gasteiger partial charge >= 0.3 is 0 Å². The number of benzene rings is 1. The minimum atomic E-state index is -0.475. The summed E-state index contributed by atoms with van der Waals surface area (Å²) in [4.78, 5) is 34.7. The molecular formula is C26H28FN3O2. The molecule has 6 heteroatoms. The first-order valence-electron chi connectivity index (χ1n) is 10.8. The van der Waals surface area contributed by atoms with Crippen LogP contribution in [0.1, 0.15) is 53.6 Å². The van der Waals surface area contributed by atoms with Crippen molar-refractivity contribution < 1.29 is 14.0 Å². The first kappa shape index (κ1) is 23.3. The summed E-state index contributed by atoms with van der Waals surface area (Å²) in [6, 6.07) is 12.1. The number of rotatable bonds is 8. The number of nitrogens with zero attached hydrogens (tertiary/aromatic N) is 3. The number of aromatic nitrogens is 2. The molecule has 0 aliphatic carbocycles. The van der Waals surface area contributed by atoms with E-state index in [0.717, 1.165) is 17.0 Å². The van der Waals surface area contributed by atoms with E-state index in [9.17, 15) is 14.0 Å². The van der Waals surface area contributed by atoms with Crippen LogP contribution in [-0.2, 0) is 11.2 Å². The maximum Gasteiger partial charge on any atom is 0.226 e. The molecule has 1 amide bonds. The molecule has 166 valence electrons. The average Bonchev–Trinajstić information content (AvgIpc) is 2.78. The van der Waals surface area contributed by atoms with Gasteiger partial charge in [-0.1, -0.05) is 25.1 Å². The van der Waals surface area contributed by atoms with Gasteiger partial charge in [0.25, 0.3) is 0 Å². The van der Waals surface area contributed by atoms with Gasteiger partial charge in [0.1, 0.15) is 11.5 Å². The molecule has 1 aromatic carbocycles. The summed E-state index contributed by atoms with van der Waals surface area (Å²) in [6.45, 7) is 5.80. The molecule has 0 atom stereocenters. The van der Waals surface area contributed by atoms with E-state index < -0.39 is 5.82 Å². The summed E-state index contributed by atoms with van der Waals surface area (Å²) in [6.07, 6.45) is 3.61. The van der Waals surface area contributed by atoms with Crippen LogP contribution in [0.3, 0.4) is 0 Å². The second-order valence-electron chi connectivity index (χ2n) is 7.92. The van der Waals surface area contributed by atoms with Gasteiger partial charge in [0.05, 0.1) is 5.69 Å². The van der Waals surface area contributed by atoms with Crippen molar-refractivity contribution in [3.63, 3.8) is 0 Å². The largest absolute Gasteiger partial charge is 0.313 e. The molecular weight excluding hydrogens is 405 g/mol. The lowest BCUT2D eigenvalue weighted by molar-refractivity contribution is -0.118. The number of aryl methyl sites for hydroxylation is 3. The number of carbonyl (C=O) groups excluding carboxylic acids is 2. The smallest absolute Gasteiger partial charge is 0.226 e. The molecule has 0 radical (unpaired) electrons. The summed E-state index contributed by atoms with van der Waals surface area (Å²) >= 11 is 0. The molecule has 3 aromatic rings. The molecule has 5 nitrogen and oxygen atoms in total. The van der Waals surface area contributed by atoms with Crippen molar-refractivity contribution in [2.45, 2.75) is 46.5 Å². The fourth-order valence-electron chi connectivity index (χ4n) is 3.56. The Kier molecular flexibility index (Phi) is 7.46. The molecule has 2 heterocycles. The van der Waals surface area contributed by atoms with Crippen LogP contribution in [0.4, 0.5) is 10.1 Å². The predicted molar refractivity (Wildman–Crippen MR) is 124 cm³/mol. The van der Waals surface area contributed by atoms with Gasteiger partial charge < -0.3 is 4.90 Å². The minimum absolute atomic E-state index is 0.0471. The van der Waals surface area contributed by atoms with E-state index in [4.69, 9.17) is 0 Å². The molecule has 0 unspecified atom stereocenters. The monoisotopic (exact) mass is 433 g/mol. The molecule has 0 fully saturated rings. The van der Waals surface area contributed by atoms with E-state index in [1.807, 2.05) is 32.9 Å². The normalized spacial score (nSPS) is 10.8. The zero-order valence-electron chi connectivity index (χ0n) is 19.0. The number of halogens is 1. The van der Waals surface area contributed by atoms with Crippen LogP contribution in [0.25, 0.3) is 11.1 Å². The van der Waals surface area contributed by atoms with Crippen LogP contribution >= 0.6 is 0 Å². The van der Waals surface area contributed by atoms with Crippen molar-refractivity contribution in [3.8, 4) is 11.1 Å². The number of ketones is 1. The maximum absolute atomic E-state index is 14.6. The van der Waals surface area contributed by atoms with E-state index in [0.29, 0.717) is 42.5 Å². The van der Waals surface area contributed by atoms with Crippen molar-refractivity contribution in [1.82, 2.24) is 9.97 Å². The molecule has 32 heavy (non-hydrogen) atoms. The van der Waals surface area contributed by atoms with E-state index in [-0.39, 0.29) is 17.4 Å². The Morgan fingerprint density at radius 3 is 2.38 bits per heavy atom. The van der Waals surface area contributed by atoms with E-state index in [1.54, 1.807) is 37.5 Å². The number of amides is 1. The van der Waals surface area contributed by atoms with Crippen molar-refractivity contribution in [2.75, 3.05) is 11.9 Å². The highest BCUT2D eigenvalue weighted by Gasteiger charge is 2.15. The Labute approximate surface area is 188 Å². The fourth-order valence-corrected chi connectivity index (χ4v) is 3.56. The Morgan fingerprint density at radius 1 is 1.00 bits per heavy atom. The second kappa shape index (κ2) is 10.3. The fraction of sp³-hybridized carbons (Fsp3) is 0.308. The Morgan fingerprint density at radius 2 is 1.75 bits per heavy atom. The number of hydrogen-bond donors (Lipinski definition) is 0. The second-order valence-corrected chi connectivity index (χ2v) is 7.92. The number of anilines is 1. The van der Waals surface area contributed by atoms with E-state index in [2.05, 4.69) is 9.97 Å². The van der Waals surface area contributed by atoms with Crippen molar-refractivity contribution >= 4 is 17.4 Å². The van der Waals surface area contributed by atoms with Crippen molar-refractivity contribution in [3.05, 3.63) is 77.1 Å². The van der Waals surface area contributed by atoms with Crippen LogP contribution in [-0.4, -0.2) is 28.7 Å². The predicted octanol–water partition coefficient (Wildman–Crippen LogP) is 5.48. The number of pyridine rings is 2. The van der Waals surface area contributed by atoms with Crippen LogP contribution in [0.15, 0.2) is 48.7 Å². The van der Waals surface area contributed by atoms with Crippen molar-refractivity contribution in [2.24, 2.45) is 0 Å². The van der Waals surface area contributed by atoms with Crippen LogP contribution in [0.5, 0.6) is 0 Å². The highest BCUT2D eigenvalue weighted by atomic mass is 19.1. The van der Waals surface area contributed by atoms with Gasteiger partial charge in [-0.15, -0.1) is 0 Å². The summed E-state index contributed by atoms with van der Waals surface area (Å²) in [5, 5.41) is 0. The van der Waals surface area contributed by atoms with Gasteiger partial charge in [0.2, 0.25) is 5.91 Å². The maximum atomic E-state index is 14.6. The number of hydrogen-bond acceptors (Lipinski definition) is 4.